The van der Waals surface area contributed by atoms with Gasteiger partial charge in [0.05, 0.1) is 0 Å². The number of rotatable bonds is 5. The highest BCUT2D eigenvalue weighted by Gasteiger charge is 2.41. The van der Waals surface area contributed by atoms with Crippen LogP contribution >= 0.6 is 0 Å². The number of ether oxygens (including phenoxy) is 1. The van der Waals surface area contributed by atoms with Gasteiger partial charge in [-0.3, -0.25) is 0 Å². The lowest BCUT2D eigenvalue weighted by molar-refractivity contribution is -0.145. The van der Waals surface area contributed by atoms with E-state index in [4.69, 9.17) is 10.5 Å². The Morgan fingerprint density at radius 1 is 1.00 bits per heavy atom. The van der Waals surface area contributed by atoms with Crippen LogP contribution in [0.1, 0.15) is 0 Å². The second-order valence-electron chi connectivity index (χ2n) is 4.81. The van der Waals surface area contributed by atoms with Gasteiger partial charge < -0.3 is 15.4 Å². The third-order valence-corrected chi connectivity index (χ3v) is 3.29. The van der Waals surface area contributed by atoms with E-state index in [0.29, 0.717) is 17.2 Å². The highest BCUT2D eigenvalue weighted by molar-refractivity contribution is 5.50. The fraction of sp³-hybridized carbons (Fsp3) is 0.250. The highest BCUT2D eigenvalue weighted by atomic mass is 19.4. The van der Waals surface area contributed by atoms with E-state index in [-0.39, 0.29) is 0 Å². The van der Waals surface area contributed by atoms with Crippen molar-refractivity contribution in [1.29, 1.82) is 0 Å². The Hall–Kier alpha value is -2.21. The Labute approximate surface area is 127 Å². The number of nitrogens with zero attached hydrogens (tertiary/aromatic N) is 1. The molecule has 0 aliphatic carbocycles. The van der Waals surface area contributed by atoms with E-state index < -0.39 is 18.8 Å². The maximum Gasteiger partial charge on any atom is 0.409 e. The minimum atomic E-state index is -4.37. The van der Waals surface area contributed by atoms with Gasteiger partial charge in [-0.2, -0.15) is 13.2 Å². The summed E-state index contributed by atoms with van der Waals surface area (Å²) < 4.78 is 44.2. The van der Waals surface area contributed by atoms with Gasteiger partial charge in [-0.1, -0.05) is 18.2 Å². The van der Waals surface area contributed by atoms with Crippen molar-refractivity contribution in [3.05, 3.63) is 54.6 Å². The van der Waals surface area contributed by atoms with Crippen LogP contribution in [-0.2, 0) is 0 Å². The maximum atomic E-state index is 12.9. The highest BCUT2D eigenvalue weighted by Crippen LogP contribution is 2.29. The monoisotopic (exact) mass is 310 g/mol. The van der Waals surface area contributed by atoms with Crippen LogP contribution in [0.2, 0.25) is 0 Å². The van der Waals surface area contributed by atoms with Crippen molar-refractivity contribution < 1.29 is 17.9 Å². The van der Waals surface area contributed by atoms with Crippen LogP contribution in [0.25, 0.3) is 0 Å². The van der Waals surface area contributed by atoms with Gasteiger partial charge in [-0.05, 0) is 36.4 Å². The quantitative estimate of drug-likeness (QED) is 0.913. The van der Waals surface area contributed by atoms with E-state index in [1.165, 1.54) is 7.05 Å². The molecule has 2 rings (SSSR count). The molecule has 2 N–H and O–H groups in total. The summed E-state index contributed by atoms with van der Waals surface area (Å²) in [5.41, 5.74) is 5.67. The smallest absolute Gasteiger partial charge is 0.409 e. The zero-order valence-corrected chi connectivity index (χ0v) is 12.0. The first-order valence-electron chi connectivity index (χ1n) is 6.74. The predicted molar refractivity (Wildman–Crippen MR) is 80.3 cm³/mol. The van der Waals surface area contributed by atoms with E-state index in [9.17, 15) is 13.2 Å². The number of halogens is 3. The molecule has 0 aliphatic rings. The molecule has 2 aromatic rings. The van der Waals surface area contributed by atoms with Crippen LogP contribution in [0.3, 0.4) is 0 Å². The van der Waals surface area contributed by atoms with Gasteiger partial charge in [0.2, 0.25) is 0 Å². The van der Waals surface area contributed by atoms with E-state index in [1.54, 1.807) is 36.4 Å². The molecule has 1 atom stereocenters. The van der Waals surface area contributed by atoms with Crippen molar-refractivity contribution >= 4 is 5.69 Å². The topological polar surface area (TPSA) is 38.5 Å². The molecule has 0 amide bonds. The Morgan fingerprint density at radius 3 is 2.05 bits per heavy atom. The number of hydrogen-bond acceptors (Lipinski definition) is 3. The lowest BCUT2D eigenvalue weighted by Gasteiger charge is -2.30. The molecule has 22 heavy (non-hydrogen) atoms. The van der Waals surface area contributed by atoms with Crippen molar-refractivity contribution in [2.75, 3.05) is 18.5 Å². The summed E-state index contributed by atoms with van der Waals surface area (Å²) in [5, 5.41) is 0. The fourth-order valence-corrected chi connectivity index (χ4v) is 2.07. The SMILES string of the molecule is CN(c1ccc(Oc2ccccc2)cc1)C(CN)C(F)(F)F. The number of hydrogen-bond donors (Lipinski definition) is 1. The van der Waals surface area contributed by atoms with E-state index in [0.717, 1.165) is 4.90 Å². The van der Waals surface area contributed by atoms with Gasteiger partial charge in [0.15, 0.2) is 0 Å². The lowest BCUT2D eigenvalue weighted by atomic mass is 10.2. The Kier molecular flexibility index (Phi) is 4.92. The number of benzene rings is 2. The van der Waals surface area contributed by atoms with E-state index >= 15 is 0 Å². The number of alkyl halides is 3. The van der Waals surface area contributed by atoms with Crippen LogP contribution in [0, 0.1) is 0 Å². The molecule has 118 valence electrons. The largest absolute Gasteiger partial charge is 0.457 e. The first-order valence-corrected chi connectivity index (χ1v) is 6.74. The van der Waals surface area contributed by atoms with Crippen molar-refractivity contribution in [1.82, 2.24) is 0 Å². The average molecular weight is 310 g/mol. The van der Waals surface area contributed by atoms with Crippen LogP contribution in [0.15, 0.2) is 54.6 Å². The van der Waals surface area contributed by atoms with Gasteiger partial charge in [0.1, 0.15) is 17.5 Å². The molecular weight excluding hydrogens is 293 g/mol. The van der Waals surface area contributed by atoms with Crippen molar-refractivity contribution in [3.63, 3.8) is 0 Å². The molecule has 0 heterocycles. The van der Waals surface area contributed by atoms with Crippen LogP contribution in [-0.4, -0.2) is 25.8 Å². The number of anilines is 1. The Morgan fingerprint density at radius 2 is 1.55 bits per heavy atom. The average Bonchev–Trinajstić information content (AvgIpc) is 2.48. The summed E-state index contributed by atoms with van der Waals surface area (Å²) in [7, 11) is 1.37. The molecule has 0 spiro atoms. The van der Waals surface area contributed by atoms with Crippen LogP contribution < -0.4 is 15.4 Å². The number of likely N-dealkylation sites (N-methyl/N-ethyl adjacent to an activating group) is 1. The van der Waals surface area contributed by atoms with Crippen molar-refractivity contribution in [3.8, 4) is 11.5 Å². The summed E-state index contributed by atoms with van der Waals surface area (Å²) in [6.45, 7) is -0.498. The zero-order chi connectivity index (χ0) is 16.2. The summed E-state index contributed by atoms with van der Waals surface area (Å²) in [5.74, 6) is 1.22. The second kappa shape index (κ2) is 6.70. The molecule has 0 aliphatic heterocycles. The molecule has 0 bridgehead atoms. The number of nitrogens with two attached hydrogens (primary N) is 1. The van der Waals surface area contributed by atoms with Gasteiger partial charge in [-0.25, -0.2) is 0 Å². The normalized spacial score (nSPS) is 12.8. The molecule has 0 aromatic heterocycles. The summed E-state index contributed by atoms with van der Waals surface area (Å²) in [6.07, 6.45) is -4.37. The predicted octanol–water partition coefficient (Wildman–Crippen LogP) is 3.80. The minimum Gasteiger partial charge on any atom is -0.457 e. The molecule has 0 saturated carbocycles. The molecule has 0 fully saturated rings. The molecule has 0 saturated heterocycles. The fourth-order valence-electron chi connectivity index (χ4n) is 2.07. The van der Waals surface area contributed by atoms with Crippen LogP contribution in [0.5, 0.6) is 11.5 Å². The van der Waals surface area contributed by atoms with Gasteiger partial charge >= 0.3 is 6.18 Å². The first kappa shape index (κ1) is 16.2. The lowest BCUT2D eigenvalue weighted by Crippen LogP contribution is -2.48. The zero-order valence-electron chi connectivity index (χ0n) is 12.0. The Bertz CT molecular complexity index is 585. The minimum absolute atomic E-state index is 0.424. The molecule has 2 aromatic carbocycles. The first-order chi connectivity index (χ1) is 10.4. The van der Waals surface area contributed by atoms with E-state index in [2.05, 4.69) is 0 Å². The van der Waals surface area contributed by atoms with Crippen molar-refractivity contribution in [2.24, 2.45) is 5.73 Å². The summed E-state index contributed by atoms with van der Waals surface area (Å²) in [4.78, 5) is 1.12. The second-order valence-corrected chi connectivity index (χ2v) is 4.81. The molecule has 0 radical (unpaired) electrons. The summed E-state index contributed by atoms with van der Waals surface area (Å²) in [6, 6.07) is 13.8. The van der Waals surface area contributed by atoms with Crippen molar-refractivity contribution in [2.45, 2.75) is 12.2 Å². The van der Waals surface area contributed by atoms with Crippen LogP contribution in [0.4, 0.5) is 18.9 Å². The standard InChI is InChI=1S/C16H17F3N2O/c1-21(15(11-20)16(17,18)19)12-7-9-14(10-8-12)22-13-5-3-2-4-6-13/h2-10,15H,11,20H2,1H3. The van der Waals surface area contributed by atoms with Gasteiger partial charge in [0.25, 0.3) is 0 Å². The summed E-state index contributed by atoms with van der Waals surface area (Å²) >= 11 is 0. The Balaban J connectivity index is 2.11. The molecule has 1 unspecified atom stereocenters. The van der Waals surface area contributed by atoms with Gasteiger partial charge in [-0.15, -0.1) is 0 Å². The molecule has 6 heteroatoms. The van der Waals surface area contributed by atoms with Gasteiger partial charge in [0, 0.05) is 19.3 Å². The molecular formula is C16H17F3N2O. The third kappa shape index (κ3) is 3.92. The molecule has 3 nitrogen and oxygen atoms in total. The van der Waals surface area contributed by atoms with E-state index in [1.807, 2.05) is 18.2 Å². The third-order valence-electron chi connectivity index (χ3n) is 3.29. The number of para-hydroxylation sites is 1. The maximum absolute atomic E-state index is 12.9.